The number of hydrogen-bond acceptors (Lipinski definition) is 4. The van der Waals surface area contributed by atoms with Gasteiger partial charge in [0.05, 0.1) is 23.9 Å². The molecule has 0 saturated carbocycles. The lowest BCUT2D eigenvalue weighted by molar-refractivity contribution is -0.124. The van der Waals surface area contributed by atoms with E-state index in [-0.39, 0.29) is 16.9 Å². The normalized spacial score (nSPS) is 14.2. The Bertz CT molecular complexity index is 1030. The van der Waals surface area contributed by atoms with Crippen LogP contribution in [0.4, 0.5) is 4.79 Å². The standard InChI is InChI=1S/C20H15N3O2S/c21-10-14-4-6-15(7-5-14)11-22-9-8-17-16(2-1-3-18(17)22)12-23-19(24)13-26-20(23)25/h1-9H,11-13H2. The van der Waals surface area contributed by atoms with Crippen LogP contribution in [0.1, 0.15) is 16.7 Å². The van der Waals surface area contributed by atoms with Crippen LogP contribution in [-0.2, 0) is 17.9 Å². The fourth-order valence-electron chi connectivity index (χ4n) is 3.15. The molecule has 4 rings (SSSR count). The van der Waals surface area contributed by atoms with Crippen LogP contribution in [0.5, 0.6) is 0 Å². The van der Waals surface area contributed by atoms with Crippen molar-refractivity contribution in [2.75, 3.05) is 5.75 Å². The van der Waals surface area contributed by atoms with Crippen molar-refractivity contribution in [2.24, 2.45) is 0 Å². The van der Waals surface area contributed by atoms with Crippen LogP contribution in [0.25, 0.3) is 10.9 Å². The van der Waals surface area contributed by atoms with Gasteiger partial charge in [-0.15, -0.1) is 0 Å². The Labute approximate surface area is 154 Å². The number of carbonyl (C=O) groups excluding carboxylic acids is 2. The molecule has 6 heteroatoms. The van der Waals surface area contributed by atoms with E-state index in [1.807, 2.05) is 54.7 Å². The lowest BCUT2D eigenvalue weighted by atomic mass is 10.1. The van der Waals surface area contributed by atoms with E-state index in [1.54, 1.807) is 0 Å². The first-order valence-electron chi connectivity index (χ1n) is 8.18. The molecular weight excluding hydrogens is 346 g/mol. The van der Waals surface area contributed by atoms with Crippen LogP contribution in [0, 0.1) is 11.3 Å². The second-order valence-electron chi connectivity index (χ2n) is 6.14. The summed E-state index contributed by atoms with van der Waals surface area (Å²) in [6, 6.07) is 17.6. The van der Waals surface area contributed by atoms with Crippen molar-refractivity contribution in [1.82, 2.24) is 9.47 Å². The molecule has 0 unspecified atom stereocenters. The molecule has 2 heterocycles. The highest BCUT2D eigenvalue weighted by molar-refractivity contribution is 8.14. The highest BCUT2D eigenvalue weighted by Gasteiger charge is 2.30. The predicted molar refractivity (Wildman–Crippen MR) is 101 cm³/mol. The third-order valence-electron chi connectivity index (χ3n) is 4.51. The zero-order valence-electron chi connectivity index (χ0n) is 13.9. The summed E-state index contributed by atoms with van der Waals surface area (Å²) in [6.07, 6.45) is 2.01. The third kappa shape index (κ3) is 2.98. The summed E-state index contributed by atoms with van der Waals surface area (Å²) < 4.78 is 2.13. The Morgan fingerprint density at radius 2 is 1.85 bits per heavy atom. The molecule has 128 valence electrons. The molecule has 0 aliphatic carbocycles. The van der Waals surface area contributed by atoms with E-state index in [4.69, 9.17) is 5.26 Å². The molecule has 3 aromatic rings. The highest BCUT2D eigenvalue weighted by Crippen LogP contribution is 2.26. The van der Waals surface area contributed by atoms with E-state index in [1.165, 1.54) is 4.90 Å². The summed E-state index contributed by atoms with van der Waals surface area (Å²) in [6.45, 7) is 0.999. The summed E-state index contributed by atoms with van der Waals surface area (Å²) in [5, 5.41) is 9.77. The van der Waals surface area contributed by atoms with E-state index >= 15 is 0 Å². The molecule has 2 aromatic carbocycles. The molecule has 5 nitrogen and oxygen atoms in total. The molecule has 0 bridgehead atoms. The second-order valence-corrected chi connectivity index (χ2v) is 7.06. The molecule has 0 atom stereocenters. The Kier molecular flexibility index (Phi) is 4.23. The average Bonchev–Trinajstić information content (AvgIpc) is 3.21. The van der Waals surface area contributed by atoms with Gasteiger partial charge in [-0.2, -0.15) is 5.26 Å². The van der Waals surface area contributed by atoms with Gasteiger partial charge in [-0.05, 0) is 35.4 Å². The quantitative estimate of drug-likeness (QED) is 0.710. The number of aromatic nitrogens is 1. The first-order valence-corrected chi connectivity index (χ1v) is 9.17. The highest BCUT2D eigenvalue weighted by atomic mass is 32.2. The number of nitriles is 1. The van der Waals surface area contributed by atoms with E-state index in [9.17, 15) is 9.59 Å². The number of fused-ring (bicyclic) bond motifs is 1. The van der Waals surface area contributed by atoms with Crippen LogP contribution in [-0.4, -0.2) is 26.4 Å². The fourth-order valence-corrected chi connectivity index (χ4v) is 3.87. The Morgan fingerprint density at radius 1 is 1.04 bits per heavy atom. The van der Waals surface area contributed by atoms with Crippen LogP contribution in [0.15, 0.2) is 54.7 Å². The van der Waals surface area contributed by atoms with Gasteiger partial charge in [0.2, 0.25) is 5.91 Å². The van der Waals surface area contributed by atoms with Crippen molar-refractivity contribution in [2.45, 2.75) is 13.1 Å². The van der Waals surface area contributed by atoms with Gasteiger partial charge in [0.1, 0.15) is 0 Å². The number of hydrogen-bond donors (Lipinski definition) is 0. The summed E-state index contributed by atoms with van der Waals surface area (Å²) in [7, 11) is 0. The number of carbonyl (C=O) groups is 2. The number of imide groups is 1. The van der Waals surface area contributed by atoms with Gasteiger partial charge in [-0.3, -0.25) is 14.5 Å². The van der Waals surface area contributed by atoms with Crippen molar-refractivity contribution < 1.29 is 9.59 Å². The molecule has 1 fully saturated rings. The number of thioether (sulfide) groups is 1. The van der Waals surface area contributed by atoms with E-state index in [0.717, 1.165) is 33.8 Å². The number of nitrogens with zero attached hydrogens (tertiary/aromatic N) is 3. The van der Waals surface area contributed by atoms with Gasteiger partial charge in [0, 0.05) is 23.6 Å². The number of amides is 2. The van der Waals surface area contributed by atoms with E-state index < -0.39 is 0 Å². The van der Waals surface area contributed by atoms with Gasteiger partial charge in [-0.25, -0.2) is 0 Å². The van der Waals surface area contributed by atoms with Gasteiger partial charge < -0.3 is 4.57 Å². The molecule has 2 amide bonds. The molecule has 1 aliphatic rings. The first-order chi connectivity index (χ1) is 12.7. The SMILES string of the molecule is N#Cc1ccc(Cn2ccc3c(CN4C(=O)CSC4=O)cccc32)cc1. The monoisotopic (exact) mass is 361 g/mol. The van der Waals surface area contributed by atoms with Gasteiger partial charge in [0.25, 0.3) is 5.24 Å². The molecule has 0 N–H and O–H groups in total. The molecule has 0 radical (unpaired) electrons. The second kappa shape index (κ2) is 6.70. The van der Waals surface area contributed by atoms with Crippen molar-refractivity contribution >= 4 is 33.8 Å². The molecule has 0 spiro atoms. The smallest absolute Gasteiger partial charge is 0.289 e. The maximum atomic E-state index is 11.9. The zero-order valence-corrected chi connectivity index (χ0v) is 14.7. The molecule has 1 aromatic heterocycles. The van der Waals surface area contributed by atoms with Crippen molar-refractivity contribution in [3.05, 3.63) is 71.4 Å². The van der Waals surface area contributed by atoms with Crippen molar-refractivity contribution in [3.63, 3.8) is 0 Å². The van der Waals surface area contributed by atoms with Gasteiger partial charge in [0.15, 0.2) is 0 Å². The van der Waals surface area contributed by atoms with Crippen molar-refractivity contribution in [1.29, 1.82) is 5.26 Å². The Balaban J connectivity index is 1.63. The number of rotatable bonds is 4. The minimum atomic E-state index is -0.177. The summed E-state index contributed by atoms with van der Waals surface area (Å²) in [4.78, 5) is 25.1. The largest absolute Gasteiger partial charge is 0.343 e. The topological polar surface area (TPSA) is 66.1 Å². The van der Waals surface area contributed by atoms with Crippen LogP contribution < -0.4 is 0 Å². The molecule has 26 heavy (non-hydrogen) atoms. The van der Waals surface area contributed by atoms with Gasteiger partial charge in [-0.1, -0.05) is 36.0 Å². The fraction of sp³-hybridized carbons (Fsp3) is 0.150. The van der Waals surface area contributed by atoms with Crippen LogP contribution >= 0.6 is 11.8 Å². The third-order valence-corrected chi connectivity index (χ3v) is 5.37. The zero-order chi connectivity index (χ0) is 18.1. The van der Waals surface area contributed by atoms with Crippen LogP contribution in [0.3, 0.4) is 0 Å². The van der Waals surface area contributed by atoms with Crippen LogP contribution in [0.2, 0.25) is 0 Å². The molecular formula is C20H15N3O2S. The minimum absolute atomic E-state index is 0.131. The molecule has 1 saturated heterocycles. The predicted octanol–water partition coefficient (Wildman–Crippen LogP) is 3.76. The summed E-state index contributed by atoms with van der Waals surface area (Å²) in [5.74, 6) is 0.100. The maximum absolute atomic E-state index is 11.9. The van der Waals surface area contributed by atoms with E-state index in [0.29, 0.717) is 18.7 Å². The molecule has 1 aliphatic heterocycles. The Morgan fingerprint density at radius 3 is 2.54 bits per heavy atom. The lowest BCUT2D eigenvalue weighted by Gasteiger charge is -2.14. The first kappa shape index (κ1) is 16.4. The Hall–Kier alpha value is -3.04. The van der Waals surface area contributed by atoms with Crippen molar-refractivity contribution in [3.8, 4) is 6.07 Å². The maximum Gasteiger partial charge on any atom is 0.289 e. The summed E-state index contributed by atoms with van der Waals surface area (Å²) in [5.41, 5.74) is 3.77. The van der Waals surface area contributed by atoms with Gasteiger partial charge >= 0.3 is 0 Å². The van der Waals surface area contributed by atoms with E-state index in [2.05, 4.69) is 10.6 Å². The minimum Gasteiger partial charge on any atom is -0.343 e. The average molecular weight is 361 g/mol. The summed E-state index contributed by atoms with van der Waals surface area (Å²) >= 11 is 1.06. The number of benzene rings is 2. The lowest BCUT2D eigenvalue weighted by Crippen LogP contribution is -2.27.